The van der Waals surface area contributed by atoms with Gasteiger partial charge in [-0.1, -0.05) is 44.2 Å². The van der Waals surface area contributed by atoms with E-state index >= 15 is 0 Å². The van der Waals surface area contributed by atoms with Crippen molar-refractivity contribution in [2.24, 2.45) is 11.7 Å². The highest BCUT2D eigenvalue weighted by Crippen LogP contribution is 2.47. The maximum Gasteiger partial charge on any atom is 0.472 e. The SMILES string of the molecule is CC(C)Cc1cc([N+](=O)[O-])ccc1S(=O)(=O)NC[C@@H](OP(=O)(O)O[C@H]1CCOC1)[C@H](Cc1ccccc1)OC(N)=O. The van der Waals surface area contributed by atoms with Crippen LogP contribution in [-0.4, -0.2) is 62.4 Å². The van der Waals surface area contributed by atoms with E-state index in [-0.39, 0.29) is 41.5 Å². The number of nitro groups is 1. The van der Waals surface area contributed by atoms with Gasteiger partial charge in [-0.25, -0.2) is 22.5 Å². The number of rotatable bonds is 15. The minimum absolute atomic E-state index is 0.0294. The highest BCUT2D eigenvalue weighted by Gasteiger charge is 2.38. The van der Waals surface area contributed by atoms with Crippen LogP contribution in [0.25, 0.3) is 0 Å². The largest absolute Gasteiger partial charge is 0.472 e. The summed E-state index contributed by atoms with van der Waals surface area (Å²) in [4.78, 5) is 32.7. The molecule has 0 saturated carbocycles. The second kappa shape index (κ2) is 14.3. The Hall–Kier alpha value is -2.91. The first kappa shape index (κ1) is 32.6. The summed E-state index contributed by atoms with van der Waals surface area (Å²) in [6.07, 6.45) is -4.27. The molecule has 16 heteroatoms. The average Bonchev–Trinajstić information content (AvgIpc) is 3.38. The predicted octanol–water partition coefficient (Wildman–Crippen LogP) is 3.07. The Morgan fingerprint density at radius 2 is 1.93 bits per heavy atom. The molecule has 2 aromatic carbocycles. The number of amides is 1. The van der Waals surface area contributed by atoms with Gasteiger partial charge in [0, 0.05) is 31.7 Å². The van der Waals surface area contributed by atoms with Crippen molar-refractivity contribution < 1.29 is 46.1 Å². The van der Waals surface area contributed by atoms with Crippen molar-refractivity contribution in [2.75, 3.05) is 19.8 Å². The van der Waals surface area contributed by atoms with E-state index < -0.39 is 53.7 Å². The third-order valence-electron chi connectivity index (χ3n) is 6.05. The zero-order chi connectivity index (χ0) is 30.2. The number of ether oxygens (including phenoxy) is 2. The lowest BCUT2D eigenvalue weighted by atomic mass is 10.0. The third kappa shape index (κ3) is 10.1. The molecule has 3 rings (SSSR count). The first-order valence-corrected chi connectivity index (χ1v) is 15.8. The molecule has 226 valence electrons. The molecule has 1 aliphatic heterocycles. The summed E-state index contributed by atoms with van der Waals surface area (Å²) >= 11 is 0. The summed E-state index contributed by atoms with van der Waals surface area (Å²) < 4.78 is 63.1. The van der Waals surface area contributed by atoms with Gasteiger partial charge < -0.3 is 20.1 Å². The molecule has 1 fully saturated rings. The number of nitrogens with zero attached hydrogens (tertiary/aromatic N) is 1. The number of nitrogens with one attached hydrogen (secondary N) is 1. The van der Waals surface area contributed by atoms with Gasteiger partial charge in [-0.3, -0.25) is 19.2 Å². The summed E-state index contributed by atoms with van der Waals surface area (Å²) in [7, 11) is -9.17. The molecule has 0 aromatic heterocycles. The van der Waals surface area contributed by atoms with E-state index in [9.17, 15) is 32.8 Å². The number of nitrogens with two attached hydrogens (primary N) is 1. The molecular formula is C25H34N3O11PS. The molecule has 4 atom stereocenters. The molecule has 0 bridgehead atoms. The lowest BCUT2D eigenvalue weighted by Gasteiger charge is -2.29. The van der Waals surface area contributed by atoms with Crippen LogP contribution in [0.1, 0.15) is 31.4 Å². The van der Waals surface area contributed by atoms with E-state index in [0.717, 1.165) is 12.1 Å². The molecule has 2 aromatic rings. The van der Waals surface area contributed by atoms with Crippen molar-refractivity contribution in [3.63, 3.8) is 0 Å². The highest BCUT2D eigenvalue weighted by molar-refractivity contribution is 7.89. The van der Waals surface area contributed by atoms with Crippen molar-refractivity contribution in [1.82, 2.24) is 4.72 Å². The number of hydrogen-bond donors (Lipinski definition) is 3. The molecule has 1 saturated heterocycles. The standard InChI is InChI=1S/C25H34N3O11PS/c1-17(2)12-19-14-20(28(30)31)8-9-24(19)41(34,35)27-15-23(39-40(32,33)38-21-10-11-36-16-21)22(37-25(26)29)13-18-6-4-3-5-7-18/h3-9,14,17,21-23,27H,10-13,15-16H2,1-2H3,(H2,26,29)(H,32,33)/t21-,22-,23+/m0/s1. The molecule has 0 radical (unpaired) electrons. The minimum Gasteiger partial charge on any atom is -0.443 e. The van der Waals surface area contributed by atoms with Gasteiger partial charge in [-0.2, -0.15) is 0 Å². The Bertz CT molecular complexity index is 1350. The van der Waals surface area contributed by atoms with Gasteiger partial charge in [-0.05, 0) is 36.0 Å². The van der Waals surface area contributed by atoms with Crippen LogP contribution in [-0.2, 0) is 46.0 Å². The van der Waals surface area contributed by atoms with Gasteiger partial charge in [0.2, 0.25) is 10.0 Å². The van der Waals surface area contributed by atoms with Gasteiger partial charge >= 0.3 is 13.9 Å². The van der Waals surface area contributed by atoms with E-state index in [1.807, 2.05) is 13.8 Å². The Morgan fingerprint density at radius 3 is 2.51 bits per heavy atom. The van der Waals surface area contributed by atoms with Crippen molar-refractivity contribution in [1.29, 1.82) is 0 Å². The molecule has 1 unspecified atom stereocenters. The second-order valence-corrected chi connectivity index (χ2v) is 13.0. The van der Waals surface area contributed by atoms with Crippen molar-refractivity contribution >= 4 is 29.6 Å². The molecule has 14 nitrogen and oxygen atoms in total. The van der Waals surface area contributed by atoms with Crippen LogP contribution in [0.15, 0.2) is 53.4 Å². The lowest BCUT2D eigenvalue weighted by molar-refractivity contribution is -0.385. The van der Waals surface area contributed by atoms with Gasteiger partial charge in [0.25, 0.3) is 5.69 Å². The fourth-order valence-corrected chi connectivity index (χ4v) is 6.69. The topological polar surface area (TPSA) is 207 Å². The number of carbonyl (C=O) groups is 1. The number of nitro benzene ring substituents is 1. The molecule has 1 heterocycles. The molecule has 41 heavy (non-hydrogen) atoms. The summed E-state index contributed by atoms with van der Waals surface area (Å²) in [5.41, 5.74) is 5.85. The number of phosphoric ester groups is 1. The van der Waals surface area contributed by atoms with Gasteiger partial charge in [-0.15, -0.1) is 0 Å². The van der Waals surface area contributed by atoms with Crippen LogP contribution in [0.3, 0.4) is 0 Å². The molecule has 1 amide bonds. The minimum atomic E-state index is -4.82. The summed E-state index contributed by atoms with van der Waals surface area (Å²) in [5.74, 6) is -0.0294. The van der Waals surface area contributed by atoms with E-state index in [1.165, 1.54) is 6.07 Å². The normalized spacial score (nSPS) is 18.5. The number of non-ortho nitro benzene ring substituents is 1. The zero-order valence-corrected chi connectivity index (χ0v) is 24.3. The van der Waals surface area contributed by atoms with Crippen LogP contribution in [0.2, 0.25) is 0 Å². The van der Waals surface area contributed by atoms with Gasteiger partial charge in [0.05, 0.1) is 22.5 Å². The Labute approximate surface area is 237 Å². The highest BCUT2D eigenvalue weighted by atomic mass is 32.2. The number of carbonyl (C=O) groups excluding carboxylic acids is 1. The predicted molar refractivity (Wildman–Crippen MR) is 146 cm³/mol. The summed E-state index contributed by atoms with van der Waals surface area (Å²) in [6.45, 7) is 3.41. The van der Waals surface area contributed by atoms with Crippen LogP contribution in [0.4, 0.5) is 10.5 Å². The smallest absolute Gasteiger partial charge is 0.443 e. The van der Waals surface area contributed by atoms with E-state index in [1.54, 1.807) is 30.3 Å². The average molecular weight is 616 g/mol. The number of primary amides is 1. The van der Waals surface area contributed by atoms with E-state index in [2.05, 4.69) is 4.72 Å². The Balaban J connectivity index is 1.92. The van der Waals surface area contributed by atoms with Crippen LogP contribution >= 0.6 is 7.82 Å². The first-order chi connectivity index (χ1) is 19.3. The molecule has 1 aliphatic rings. The molecular weight excluding hydrogens is 581 g/mol. The van der Waals surface area contributed by atoms with Crippen molar-refractivity contribution in [2.45, 2.75) is 56.3 Å². The summed E-state index contributed by atoms with van der Waals surface area (Å²) in [6, 6.07) is 12.0. The maximum atomic E-state index is 13.4. The fourth-order valence-electron chi connectivity index (χ4n) is 4.27. The van der Waals surface area contributed by atoms with Crippen LogP contribution in [0.5, 0.6) is 0 Å². The third-order valence-corrected chi connectivity index (χ3v) is 8.67. The molecule has 0 aliphatic carbocycles. The number of phosphoric acid groups is 1. The van der Waals surface area contributed by atoms with Crippen molar-refractivity contribution in [3.05, 3.63) is 69.8 Å². The first-order valence-electron chi connectivity index (χ1n) is 12.8. The number of benzene rings is 2. The fraction of sp³-hybridized carbons (Fsp3) is 0.480. The van der Waals surface area contributed by atoms with Crippen LogP contribution < -0.4 is 10.5 Å². The number of sulfonamides is 1. The molecule has 0 spiro atoms. The zero-order valence-electron chi connectivity index (χ0n) is 22.6. The van der Waals surface area contributed by atoms with Crippen LogP contribution in [0, 0.1) is 16.0 Å². The van der Waals surface area contributed by atoms with Gasteiger partial charge in [0.1, 0.15) is 12.2 Å². The second-order valence-electron chi connectivity index (χ2n) is 9.87. The Morgan fingerprint density at radius 1 is 1.22 bits per heavy atom. The maximum absolute atomic E-state index is 13.4. The monoisotopic (exact) mass is 615 g/mol. The number of hydrogen-bond acceptors (Lipinski definition) is 10. The Kier molecular flexibility index (Phi) is 11.4. The lowest BCUT2D eigenvalue weighted by Crippen LogP contribution is -2.44. The molecule has 4 N–H and O–H groups in total. The van der Waals surface area contributed by atoms with Gasteiger partial charge in [0.15, 0.2) is 0 Å². The van der Waals surface area contributed by atoms with E-state index in [0.29, 0.717) is 18.6 Å². The van der Waals surface area contributed by atoms with E-state index in [4.69, 9.17) is 24.3 Å². The van der Waals surface area contributed by atoms with Crippen molar-refractivity contribution in [3.8, 4) is 0 Å². The quantitative estimate of drug-likeness (QED) is 0.151. The summed E-state index contributed by atoms with van der Waals surface area (Å²) in [5, 5.41) is 11.3.